The van der Waals surface area contributed by atoms with Gasteiger partial charge in [0.15, 0.2) is 0 Å². The molecule has 0 unspecified atom stereocenters. The van der Waals surface area contributed by atoms with Crippen LogP contribution in [0, 0.1) is 0 Å². The third-order valence-electron chi connectivity index (χ3n) is 4.29. The summed E-state index contributed by atoms with van der Waals surface area (Å²) in [5.74, 6) is 0.869. The van der Waals surface area contributed by atoms with E-state index in [1.807, 2.05) is 54.6 Å². The largest absolute Gasteiger partial charge is 0.497 e. The molecule has 5 heteroatoms. The number of ether oxygens (including phenoxy) is 1. The van der Waals surface area contributed by atoms with Gasteiger partial charge in [0.2, 0.25) is 5.91 Å². The molecule has 27 heavy (non-hydrogen) atoms. The predicted molar refractivity (Wildman–Crippen MR) is 106 cm³/mol. The van der Waals surface area contributed by atoms with Gasteiger partial charge in [0.1, 0.15) is 5.75 Å². The van der Waals surface area contributed by atoms with Crippen molar-refractivity contribution in [3.63, 3.8) is 0 Å². The summed E-state index contributed by atoms with van der Waals surface area (Å²) in [5.41, 5.74) is 4.27. The lowest BCUT2D eigenvalue weighted by atomic mass is 10.1. The van der Waals surface area contributed by atoms with Crippen LogP contribution < -0.4 is 15.4 Å². The summed E-state index contributed by atoms with van der Waals surface area (Å²) >= 11 is 0. The fourth-order valence-electron chi connectivity index (χ4n) is 2.72. The molecule has 0 aliphatic carbocycles. The number of benzene rings is 2. The van der Waals surface area contributed by atoms with E-state index >= 15 is 0 Å². The van der Waals surface area contributed by atoms with Crippen LogP contribution >= 0.6 is 0 Å². The number of carbonyl (C=O) groups is 1. The van der Waals surface area contributed by atoms with Crippen LogP contribution in [0.15, 0.2) is 71.5 Å². The number of furan rings is 1. The Morgan fingerprint density at radius 3 is 2.37 bits per heavy atom. The van der Waals surface area contributed by atoms with Crippen LogP contribution in [-0.2, 0) is 24.2 Å². The number of hydrogen-bond donors (Lipinski definition) is 2. The molecule has 0 atom stereocenters. The molecule has 3 rings (SSSR count). The number of nitrogens with one attached hydrogen (secondary N) is 2. The number of carbonyl (C=O) groups excluding carboxylic acids is 1. The zero-order valence-corrected chi connectivity index (χ0v) is 15.4. The Bertz CT molecular complexity index is 825. The van der Waals surface area contributed by atoms with Gasteiger partial charge in [-0.1, -0.05) is 24.3 Å². The zero-order valence-electron chi connectivity index (χ0n) is 15.4. The number of amides is 1. The lowest BCUT2D eigenvalue weighted by Crippen LogP contribution is -2.27. The van der Waals surface area contributed by atoms with Gasteiger partial charge in [-0.3, -0.25) is 4.79 Å². The average Bonchev–Trinajstić information content (AvgIpc) is 3.22. The highest BCUT2D eigenvalue weighted by Crippen LogP contribution is 2.13. The van der Waals surface area contributed by atoms with Crippen LogP contribution in [0.2, 0.25) is 0 Å². The van der Waals surface area contributed by atoms with Gasteiger partial charge < -0.3 is 19.8 Å². The number of anilines is 1. The quantitative estimate of drug-likeness (QED) is 0.606. The van der Waals surface area contributed by atoms with Crippen molar-refractivity contribution in [3.8, 4) is 5.75 Å². The van der Waals surface area contributed by atoms with Gasteiger partial charge in [0.05, 0.1) is 26.1 Å². The van der Waals surface area contributed by atoms with E-state index in [2.05, 4.69) is 10.6 Å². The highest BCUT2D eigenvalue weighted by molar-refractivity contribution is 5.78. The predicted octanol–water partition coefficient (Wildman–Crippen LogP) is 3.80. The van der Waals surface area contributed by atoms with Crippen LogP contribution in [-0.4, -0.2) is 19.6 Å². The highest BCUT2D eigenvalue weighted by atomic mass is 16.5. The molecule has 1 amide bonds. The maximum atomic E-state index is 12.1. The Labute approximate surface area is 159 Å². The van der Waals surface area contributed by atoms with Crippen molar-refractivity contribution in [1.82, 2.24) is 5.32 Å². The van der Waals surface area contributed by atoms with Gasteiger partial charge in [-0.05, 0) is 47.9 Å². The standard InChI is InChI=1S/C22H24N2O3/c1-26-21-8-4-17(5-9-21)10-12-23-22(25)14-18-2-6-20(7-3-18)24-15-19-11-13-27-16-19/h2-9,11,13,16,24H,10,12,14-15H2,1H3,(H,23,25). The first-order chi connectivity index (χ1) is 13.2. The number of methoxy groups -OCH3 is 1. The lowest BCUT2D eigenvalue weighted by molar-refractivity contribution is -0.120. The molecule has 1 aromatic heterocycles. The summed E-state index contributed by atoms with van der Waals surface area (Å²) in [4.78, 5) is 12.1. The van der Waals surface area contributed by atoms with Crippen molar-refractivity contribution in [3.05, 3.63) is 83.8 Å². The van der Waals surface area contributed by atoms with E-state index in [1.54, 1.807) is 19.6 Å². The third-order valence-corrected chi connectivity index (χ3v) is 4.29. The molecule has 1 heterocycles. The molecule has 2 N–H and O–H groups in total. The Balaban J connectivity index is 1.39. The Morgan fingerprint density at radius 1 is 0.963 bits per heavy atom. The van der Waals surface area contributed by atoms with Gasteiger partial charge in [-0.25, -0.2) is 0 Å². The molecule has 0 aliphatic rings. The molecule has 0 spiro atoms. The first kappa shape index (κ1) is 18.6. The van der Waals surface area contributed by atoms with E-state index in [0.29, 0.717) is 19.5 Å². The second-order valence-corrected chi connectivity index (χ2v) is 6.31. The summed E-state index contributed by atoms with van der Waals surface area (Å²) in [6.45, 7) is 1.33. The second-order valence-electron chi connectivity index (χ2n) is 6.31. The Hall–Kier alpha value is -3.21. The molecule has 2 aromatic carbocycles. The van der Waals surface area contributed by atoms with Crippen LogP contribution in [0.4, 0.5) is 5.69 Å². The van der Waals surface area contributed by atoms with Crippen LogP contribution in [0.3, 0.4) is 0 Å². The van der Waals surface area contributed by atoms with E-state index in [-0.39, 0.29) is 5.91 Å². The molecule has 0 radical (unpaired) electrons. The zero-order chi connectivity index (χ0) is 18.9. The lowest BCUT2D eigenvalue weighted by Gasteiger charge is -2.08. The summed E-state index contributed by atoms with van der Waals surface area (Å²) in [6.07, 6.45) is 4.56. The van der Waals surface area contributed by atoms with E-state index in [1.165, 1.54) is 5.56 Å². The minimum absolute atomic E-state index is 0.0302. The fraction of sp³-hybridized carbons (Fsp3) is 0.227. The Morgan fingerprint density at radius 2 is 1.70 bits per heavy atom. The fourth-order valence-corrected chi connectivity index (χ4v) is 2.72. The summed E-state index contributed by atoms with van der Waals surface area (Å²) in [7, 11) is 1.65. The maximum Gasteiger partial charge on any atom is 0.224 e. The number of hydrogen-bond acceptors (Lipinski definition) is 4. The van der Waals surface area contributed by atoms with Crippen molar-refractivity contribution in [2.75, 3.05) is 19.0 Å². The van der Waals surface area contributed by atoms with E-state index in [4.69, 9.17) is 9.15 Å². The minimum Gasteiger partial charge on any atom is -0.497 e. The monoisotopic (exact) mass is 364 g/mol. The number of rotatable bonds is 9. The SMILES string of the molecule is COc1ccc(CCNC(=O)Cc2ccc(NCc3ccoc3)cc2)cc1. The molecule has 0 saturated carbocycles. The van der Waals surface area contributed by atoms with E-state index < -0.39 is 0 Å². The average molecular weight is 364 g/mol. The van der Waals surface area contributed by atoms with Crippen molar-refractivity contribution in [2.45, 2.75) is 19.4 Å². The molecular weight excluding hydrogens is 340 g/mol. The van der Waals surface area contributed by atoms with Gasteiger partial charge in [0.25, 0.3) is 0 Å². The maximum absolute atomic E-state index is 12.1. The van der Waals surface area contributed by atoms with Gasteiger partial charge in [0, 0.05) is 24.3 Å². The first-order valence-electron chi connectivity index (χ1n) is 8.96. The van der Waals surface area contributed by atoms with Crippen molar-refractivity contribution in [1.29, 1.82) is 0 Å². The molecule has 0 saturated heterocycles. The van der Waals surface area contributed by atoms with Crippen LogP contribution in [0.5, 0.6) is 5.75 Å². The van der Waals surface area contributed by atoms with E-state index in [9.17, 15) is 4.79 Å². The summed E-state index contributed by atoms with van der Waals surface area (Å²) in [6, 6.07) is 17.7. The normalized spacial score (nSPS) is 10.4. The van der Waals surface area contributed by atoms with Crippen LogP contribution in [0.1, 0.15) is 16.7 Å². The summed E-state index contributed by atoms with van der Waals surface area (Å²) < 4.78 is 10.2. The van der Waals surface area contributed by atoms with E-state index in [0.717, 1.165) is 29.0 Å². The van der Waals surface area contributed by atoms with Gasteiger partial charge in [-0.15, -0.1) is 0 Å². The van der Waals surface area contributed by atoms with Crippen molar-refractivity contribution < 1.29 is 13.9 Å². The summed E-state index contributed by atoms with van der Waals surface area (Å²) in [5, 5.41) is 6.29. The molecular formula is C22H24N2O3. The topological polar surface area (TPSA) is 63.5 Å². The highest BCUT2D eigenvalue weighted by Gasteiger charge is 2.04. The second kappa shape index (κ2) is 9.48. The van der Waals surface area contributed by atoms with Crippen LogP contribution in [0.25, 0.3) is 0 Å². The Kier molecular flexibility index (Phi) is 6.52. The molecule has 0 fully saturated rings. The molecule has 3 aromatic rings. The van der Waals surface area contributed by atoms with Crippen molar-refractivity contribution >= 4 is 11.6 Å². The molecule has 0 aliphatic heterocycles. The molecule has 0 bridgehead atoms. The molecule has 140 valence electrons. The molecule has 5 nitrogen and oxygen atoms in total. The smallest absolute Gasteiger partial charge is 0.224 e. The first-order valence-corrected chi connectivity index (χ1v) is 8.96. The minimum atomic E-state index is 0.0302. The van der Waals surface area contributed by atoms with Gasteiger partial charge >= 0.3 is 0 Å². The van der Waals surface area contributed by atoms with Crippen molar-refractivity contribution in [2.24, 2.45) is 0 Å². The third kappa shape index (κ3) is 5.92. The van der Waals surface area contributed by atoms with Gasteiger partial charge in [-0.2, -0.15) is 0 Å².